The van der Waals surface area contributed by atoms with Crippen molar-refractivity contribution in [1.82, 2.24) is 0 Å². The van der Waals surface area contributed by atoms with Gasteiger partial charge in [0.25, 0.3) is 0 Å². The second kappa shape index (κ2) is 3.76. The Bertz CT molecular complexity index is 728. The van der Waals surface area contributed by atoms with E-state index in [1.165, 1.54) is 21.9 Å². The van der Waals surface area contributed by atoms with E-state index in [1.807, 2.05) is 0 Å². The van der Waals surface area contributed by atoms with Crippen molar-refractivity contribution >= 4 is 15.5 Å². The minimum atomic E-state index is -0.737. The van der Waals surface area contributed by atoms with Gasteiger partial charge in [-0.1, -0.05) is 0 Å². The molecule has 1 heteroatoms. The molecule has 4 rings (SSSR count). The number of hydrogen-bond donors (Lipinski definition) is 0. The molecule has 1 heterocycles. The minimum absolute atomic E-state index is 0.737. The summed E-state index contributed by atoms with van der Waals surface area (Å²) in [6, 6.07) is 22.4. The molecule has 0 N–H and O–H groups in total. The number of fused-ring (bicyclic) bond motifs is 5. The van der Waals surface area contributed by atoms with Crippen molar-refractivity contribution in [3.05, 3.63) is 60.7 Å². The summed E-state index contributed by atoms with van der Waals surface area (Å²) >= 11 is -0.737. The first kappa shape index (κ1) is 9.99. The maximum absolute atomic E-state index is 2.36. The summed E-state index contributed by atoms with van der Waals surface area (Å²) in [4.78, 5) is 0. The van der Waals surface area contributed by atoms with Gasteiger partial charge in [-0.3, -0.25) is 0 Å². The van der Waals surface area contributed by atoms with E-state index in [0.29, 0.717) is 0 Å². The van der Waals surface area contributed by atoms with Crippen LogP contribution in [0.2, 0.25) is 0 Å². The molecule has 0 aliphatic carbocycles. The molecule has 0 bridgehead atoms. The van der Waals surface area contributed by atoms with Crippen LogP contribution in [0.15, 0.2) is 60.7 Å². The van der Waals surface area contributed by atoms with E-state index < -0.39 is 29.2 Å². The average Bonchev–Trinajstić information content (AvgIpc) is 2.77. The number of benzene rings is 3. The van der Waals surface area contributed by atoms with Gasteiger partial charge in [0.05, 0.1) is 0 Å². The van der Waals surface area contributed by atoms with E-state index in [0.717, 1.165) is 0 Å². The van der Waals surface area contributed by atoms with Gasteiger partial charge in [0.15, 0.2) is 0 Å². The van der Waals surface area contributed by atoms with Gasteiger partial charge >= 0.3 is 117 Å². The molecule has 0 radical (unpaired) electrons. The van der Waals surface area contributed by atoms with E-state index in [2.05, 4.69) is 60.7 Å². The topological polar surface area (TPSA) is 0 Å². The van der Waals surface area contributed by atoms with Crippen molar-refractivity contribution < 1.29 is 29.2 Å². The van der Waals surface area contributed by atoms with Crippen molar-refractivity contribution in [3.8, 4) is 11.1 Å². The summed E-state index contributed by atoms with van der Waals surface area (Å²) in [5.41, 5.74) is 3.03. The zero-order valence-electron chi connectivity index (χ0n) is 9.35. The predicted molar refractivity (Wildman–Crippen MR) is 68.7 cm³/mol. The quantitative estimate of drug-likeness (QED) is 0.467. The van der Waals surface area contributed by atoms with Crippen molar-refractivity contribution in [2.75, 3.05) is 0 Å². The Kier molecular flexibility index (Phi) is 2.21. The molecule has 0 spiro atoms. The van der Waals surface area contributed by atoms with Gasteiger partial charge in [-0.15, -0.1) is 0 Å². The van der Waals surface area contributed by atoms with E-state index in [1.54, 1.807) is 4.75 Å². The van der Waals surface area contributed by atoms with Gasteiger partial charge in [-0.05, 0) is 0 Å². The Hall–Kier alpha value is -0.976. The van der Waals surface area contributed by atoms with Crippen LogP contribution in [-0.4, -0.2) is 0 Å². The fourth-order valence-corrected chi connectivity index (χ4v) is 6.63. The van der Waals surface area contributed by atoms with Crippen molar-refractivity contribution in [1.29, 1.82) is 0 Å². The second-order valence-electron chi connectivity index (χ2n) is 4.48. The third-order valence-electron chi connectivity index (χ3n) is 3.50. The number of rotatable bonds is 0. The molecule has 0 saturated carbocycles. The Morgan fingerprint density at radius 2 is 1.47 bits per heavy atom. The Labute approximate surface area is 116 Å². The van der Waals surface area contributed by atoms with E-state index in [4.69, 9.17) is 0 Å². The van der Waals surface area contributed by atoms with Crippen molar-refractivity contribution in [2.45, 2.75) is 0 Å². The molecule has 77 valence electrons. The third-order valence-corrected chi connectivity index (χ3v) is 7.45. The summed E-state index contributed by atoms with van der Waals surface area (Å²) in [5.74, 6) is 0. The van der Waals surface area contributed by atoms with Crippen LogP contribution in [0.3, 0.4) is 0 Å². The van der Waals surface area contributed by atoms with Crippen LogP contribution >= 0.6 is 0 Å². The van der Waals surface area contributed by atoms with Crippen LogP contribution in [0, 0.1) is 0 Å². The summed E-state index contributed by atoms with van der Waals surface area (Å²) in [7, 11) is 0. The van der Waals surface area contributed by atoms with Gasteiger partial charge in [0, 0.05) is 0 Å². The van der Waals surface area contributed by atoms with Gasteiger partial charge < -0.3 is 0 Å². The van der Waals surface area contributed by atoms with E-state index in [9.17, 15) is 0 Å². The molecule has 0 fully saturated rings. The molecule has 0 atom stereocenters. The zero-order chi connectivity index (χ0) is 11.2. The SMILES string of the molecule is c1ccc2[c](c1)[Y][c]1ccc3ccccc3c1-2. The van der Waals surface area contributed by atoms with E-state index >= 15 is 0 Å². The van der Waals surface area contributed by atoms with Crippen LogP contribution < -0.4 is 4.75 Å². The normalized spacial score (nSPS) is 11.5. The summed E-state index contributed by atoms with van der Waals surface area (Å²) in [6.45, 7) is 0. The third kappa shape index (κ3) is 1.44. The van der Waals surface area contributed by atoms with Crippen LogP contribution in [0.4, 0.5) is 0 Å². The zero-order valence-corrected chi connectivity index (χ0v) is 12.2. The van der Waals surface area contributed by atoms with Crippen LogP contribution in [0.1, 0.15) is 0 Å². The fourth-order valence-electron chi connectivity index (χ4n) is 2.73. The molecule has 1 aliphatic heterocycles. The molecule has 0 aromatic heterocycles. The monoisotopic (exact) mass is 291 g/mol. The fraction of sp³-hybridized carbons (Fsp3) is 0. The van der Waals surface area contributed by atoms with Gasteiger partial charge in [-0.25, -0.2) is 0 Å². The Morgan fingerprint density at radius 1 is 0.647 bits per heavy atom. The standard InChI is InChI=1S/C16H10.Y/c1-2-7-13(8-3-1)16-12-6-10-14-9-4-5-11-15(14)16;/h1-7,9-11H;. The van der Waals surface area contributed by atoms with Crippen LogP contribution in [0.25, 0.3) is 21.9 Å². The Morgan fingerprint density at radius 3 is 2.47 bits per heavy atom. The summed E-state index contributed by atoms with van der Waals surface area (Å²) < 4.78 is 3.30. The van der Waals surface area contributed by atoms with Crippen molar-refractivity contribution in [3.63, 3.8) is 0 Å². The van der Waals surface area contributed by atoms with Gasteiger partial charge in [0.1, 0.15) is 0 Å². The molecule has 17 heavy (non-hydrogen) atoms. The van der Waals surface area contributed by atoms with Crippen LogP contribution in [-0.2, 0) is 29.2 Å². The summed E-state index contributed by atoms with van der Waals surface area (Å²) in [6.07, 6.45) is 0. The molecule has 0 nitrogen and oxygen atoms in total. The molecular weight excluding hydrogens is 281 g/mol. The first-order chi connectivity index (χ1) is 8.43. The van der Waals surface area contributed by atoms with Gasteiger partial charge in [-0.2, -0.15) is 0 Å². The number of hydrogen-bond acceptors (Lipinski definition) is 0. The van der Waals surface area contributed by atoms with E-state index in [-0.39, 0.29) is 0 Å². The molecule has 0 unspecified atom stereocenters. The van der Waals surface area contributed by atoms with Crippen molar-refractivity contribution in [2.24, 2.45) is 0 Å². The molecule has 1 aliphatic rings. The van der Waals surface area contributed by atoms with Crippen LogP contribution in [0.5, 0.6) is 0 Å². The molecule has 3 aromatic rings. The maximum atomic E-state index is 2.36. The summed E-state index contributed by atoms with van der Waals surface area (Å²) in [5, 5.41) is 2.80. The molecule has 0 saturated heterocycles. The predicted octanol–water partition coefficient (Wildman–Crippen LogP) is 2.85. The first-order valence-corrected chi connectivity index (χ1v) is 8.73. The van der Waals surface area contributed by atoms with Gasteiger partial charge in [0.2, 0.25) is 0 Å². The second-order valence-corrected chi connectivity index (χ2v) is 8.25. The first-order valence-electron chi connectivity index (χ1n) is 5.89. The molecule has 3 aromatic carbocycles. The molecule has 0 amide bonds. The molecular formula is C16H10Y. The Balaban J connectivity index is 2.17. The average molecular weight is 291 g/mol.